The van der Waals surface area contributed by atoms with Crippen molar-refractivity contribution in [2.45, 2.75) is 13.8 Å². The number of hydrogen-bond acceptors (Lipinski definition) is 0. The van der Waals surface area contributed by atoms with Crippen LogP contribution in [0.15, 0.2) is 122 Å². The Morgan fingerprint density at radius 1 is 0.227 bits per heavy atom. The van der Waals surface area contributed by atoms with Crippen LogP contribution in [0, 0.1) is 0 Å². The van der Waals surface area contributed by atoms with Crippen molar-refractivity contribution in [1.29, 1.82) is 0 Å². The molecule has 0 nitrogen and oxygen atoms in total. The Morgan fingerprint density at radius 3 is 0.500 bits per heavy atom. The fraction of sp³-hybridized carbons (Fsp3) is 0.0909. The molecule has 0 saturated heterocycles. The first-order chi connectivity index (χ1) is 10.9. The minimum absolute atomic E-state index is 2.00. The van der Waals surface area contributed by atoms with Crippen molar-refractivity contribution in [3.05, 3.63) is 122 Å². The zero-order chi connectivity index (χ0) is 16.1. The van der Waals surface area contributed by atoms with Gasteiger partial charge in [0.15, 0.2) is 0 Å². The van der Waals surface area contributed by atoms with Crippen LogP contribution in [0.3, 0.4) is 0 Å². The van der Waals surface area contributed by atoms with Gasteiger partial charge in [-0.2, -0.15) is 0 Å². The van der Waals surface area contributed by atoms with Gasteiger partial charge in [-0.3, -0.25) is 0 Å². The summed E-state index contributed by atoms with van der Waals surface area (Å²) < 4.78 is 0. The van der Waals surface area contributed by atoms with Crippen molar-refractivity contribution in [1.82, 2.24) is 0 Å². The Kier molecular flexibility index (Phi) is 16.2. The quantitative estimate of drug-likeness (QED) is 0.420. The molecule has 0 heteroatoms. The maximum Gasteiger partial charge on any atom is -0.0467 e. The molecule has 0 radical (unpaired) electrons. The summed E-state index contributed by atoms with van der Waals surface area (Å²) >= 11 is 0. The Labute approximate surface area is 136 Å². The second-order valence-corrected chi connectivity index (χ2v) is 4.13. The van der Waals surface area contributed by atoms with E-state index in [4.69, 9.17) is 0 Å². The molecule has 0 unspecified atom stereocenters. The van der Waals surface area contributed by atoms with E-state index in [1.807, 2.05) is 135 Å². The van der Waals surface area contributed by atoms with E-state index in [0.717, 1.165) is 0 Å². The molecule has 0 rings (SSSR count). The van der Waals surface area contributed by atoms with Gasteiger partial charge in [-0.15, -0.1) is 0 Å². The molecule has 0 N–H and O–H groups in total. The number of rotatable bonds is 9. The Bertz CT molecular complexity index is 474. The predicted molar refractivity (Wildman–Crippen MR) is 103 cm³/mol. The SMILES string of the molecule is CC=CC=CC=CC=CC=CC=CC=CC=CC=CC=CC. The Balaban J connectivity index is 3.88. The molecule has 0 bridgehead atoms. The van der Waals surface area contributed by atoms with Crippen LogP contribution in [-0.4, -0.2) is 0 Å². The van der Waals surface area contributed by atoms with Crippen molar-refractivity contribution < 1.29 is 0 Å². The molecule has 0 aliphatic carbocycles. The summed E-state index contributed by atoms with van der Waals surface area (Å²) in [6, 6.07) is 0. The summed E-state index contributed by atoms with van der Waals surface area (Å²) in [4.78, 5) is 0. The molecule has 0 saturated carbocycles. The molecule has 114 valence electrons. The van der Waals surface area contributed by atoms with Crippen molar-refractivity contribution in [2.75, 3.05) is 0 Å². The topological polar surface area (TPSA) is 0 Å². The molecule has 0 atom stereocenters. The molecule has 0 amide bonds. The smallest absolute Gasteiger partial charge is 0.0467 e. The van der Waals surface area contributed by atoms with E-state index in [-0.39, 0.29) is 0 Å². The first kappa shape index (κ1) is 19.4. The molecule has 0 aromatic heterocycles. The minimum Gasteiger partial charge on any atom is -0.0877 e. The van der Waals surface area contributed by atoms with Gasteiger partial charge in [0.05, 0.1) is 0 Å². The molecule has 0 aliphatic rings. The highest BCUT2D eigenvalue weighted by Gasteiger charge is 1.65. The average Bonchev–Trinajstić information content (AvgIpc) is 2.54. The first-order valence-electron chi connectivity index (χ1n) is 7.49. The summed E-state index contributed by atoms with van der Waals surface area (Å²) in [5.74, 6) is 0. The fourth-order valence-electron chi connectivity index (χ4n) is 1.25. The van der Waals surface area contributed by atoms with Crippen molar-refractivity contribution in [2.24, 2.45) is 0 Å². The highest BCUT2D eigenvalue weighted by Crippen LogP contribution is 1.86. The van der Waals surface area contributed by atoms with Gasteiger partial charge in [0, 0.05) is 0 Å². The van der Waals surface area contributed by atoms with Crippen molar-refractivity contribution in [3.63, 3.8) is 0 Å². The third-order valence-corrected chi connectivity index (χ3v) is 2.27. The van der Waals surface area contributed by atoms with E-state index in [1.54, 1.807) is 0 Å². The van der Waals surface area contributed by atoms with Gasteiger partial charge in [0.25, 0.3) is 0 Å². The Morgan fingerprint density at radius 2 is 0.364 bits per heavy atom. The highest BCUT2D eigenvalue weighted by atomic mass is 13.7. The van der Waals surface area contributed by atoms with Gasteiger partial charge >= 0.3 is 0 Å². The third-order valence-electron chi connectivity index (χ3n) is 2.27. The lowest BCUT2D eigenvalue weighted by Gasteiger charge is -1.75. The van der Waals surface area contributed by atoms with Crippen LogP contribution >= 0.6 is 0 Å². The van der Waals surface area contributed by atoms with Crippen LogP contribution in [0.25, 0.3) is 0 Å². The van der Waals surface area contributed by atoms with Crippen LogP contribution < -0.4 is 0 Å². The van der Waals surface area contributed by atoms with Crippen LogP contribution in [-0.2, 0) is 0 Å². The summed E-state index contributed by atoms with van der Waals surface area (Å²) in [5, 5.41) is 0. The van der Waals surface area contributed by atoms with E-state index in [0.29, 0.717) is 0 Å². The van der Waals surface area contributed by atoms with Gasteiger partial charge in [-0.05, 0) is 13.8 Å². The lowest BCUT2D eigenvalue weighted by Crippen LogP contribution is -1.54. The lowest BCUT2D eigenvalue weighted by molar-refractivity contribution is 1.73. The van der Waals surface area contributed by atoms with Crippen LogP contribution in [0.5, 0.6) is 0 Å². The van der Waals surface area contributed by atoms with E-state index < -0.39 is 0 Å². The monoisotopic (exact) mass is 290 g/mol. The second-order valence-electron chi connectivity index (χ2n) is 4.13. The summed E-state index contributed by atoms with van der Waals surface area (Å²) in [6.07, 6.45) is 40.0. The standard InChI is InChI=1S/C22H26/c1-3-5-7-9-11-13-15-17-19-21-22-20-18-16-14-12-10-8-6-4-2/h3-22H,1-2H3. The van der Waals surface area contributed by atoms with Crippen molar-refractivity contribution >= 4 is 0 Å². The number of hydrogen-bond donors (Lipinski definition) is 0. The largest absolute Gasteiger partial charge is 0.0877 e. The van der Waals surface area contributed by atoms with E-state index >= 15 is 0 Å². The van der Waals surface area contributed by atoms with Gasteiger partial charge < -0.3 is 0 Å². The van der Waals surface area contributed by atoms with Crippen LogP contribution in [0.4, 0.5) is 0 Å². The fourth-order valence-corrected chi connectivity index (χ4v) is 1.25. The van der Waals surface area contributed by atoms with Crippen LogP contribution in [0.1, 0.15) is 13.8 Å². The zero-order valence-electron chi connectivity index (χ0n) is 13.5. The lowest BCUT2D eigenvalue weighted by atomic mass is 10.3. The van der Waals surface area contributed by atoms with Gasteiger partial charge in [-0.1, -0.05) is 122 Å². The van der Waals surface area contributed by atoms with Gasteiger partial charge in [0.1, 0.15) is 0 Å². The second kappa shape index (κ2) is 18.4. The maximum absolute atomic E-state index is 2.00. The van der Waals surface area contributed by atoms with E-state index in [9.17, 15) is 0 Å². The summed E-state index contributed by atoms with van der Waals surface area (Å²) in [6.45, 7) is 4.00. The molecule has 0 spiro atoms. The molecule has 22 heavy (non-hydrogen) atoms. The minimum atomic E-state index is 2.00. The predicted octanol–water partition coefficient (Wildman–Crippen LogP) is 6.59. The molecular weight excluding hydrogens is 264 g/mol. The maximum atomic E-state index is 2.00. The van der Waals surface area contributed by atoms with E-state index in [1.165, 1.54) is 0 Å². The van der Waals surface area contributed by atoms with Gasteiger partial charge in [0.2, 0.25) is 0 Å². The molecule has 0 fully saturated rings. The first-order valence-corrected chi connectivity index (χ1v) is 7.49. The van der Waals surface area contributed by atoms with Crippen molar-refractivity contribution in [3.8, 4) is 0 Å². The zero-order valence-corrected chi connectivity index (χ0v) is 13.5. The highest BCUT2D eigenvalue weighted by molar-refractivity contribution is 5.22. The molecule has 0 aromatic carbocycles. The molecular formula is C22H26. The van der Waals surface area contributed by atoms with Crippen LogP contribution in [0.2, 0.25) is 0 Å². The number of allylic oxidation sites excluding steroid dienone is 20. The molecule has 0 aliphatic heterocycles. The molecule has 0 aromatic rings. The van der Waals surface area contributed by atoms with E-state index in [2.05, 4.69) is 0 Å². The average molecular weight is 290 g/mol. The molecule has 0 heterocycles. The summed E-state index contributed by atoms with van der Waals surface area (Å²) in [5.41, 5.74) is 0. The van der Waals surface area contributed by atoms with Gasteiger partial charge in [-0.25, -0.2) is 0 Å². The normalized spacial score (nSPS) is 14.8. The summed E-state index contributed by atoms with van der Waals surface area (Å²) in [7, 11) is 0. The third kappa shape index (κ3) is 17.4. The Hall–Kier alpha value is -2.60.